The van der Waals surface area contributed by atoms with E-state index >= 15 is 0 Å². The second kappa shape index (κ2) is 6.33. The summed E-state index contributed by atoms with van der Waals surface area (Å²) in [5, 5.41) is 11.5. The van der Waals surface area contributed by atoms with E-state index in [0.29, 0.717) is 0 Å². The van der Waals surface area contributed by atoms with Crippen LogP contribution in [-0.2, 0) is 4.74 Å². The van der Waals surface area contributed by atoms with Crippen LogP contribution in [0.25, 0.3) is 0 Å². The van der Waals surface area contributed by atoms with Gasteiger partial charge in [-0.2, -0.15) is 0 Å². The lowest BCUT2D eigenvalue weighted by molar-refractivity contribution is -0.107. The van der Waals surface area contributed by atoms with Gasteiger partial charge in [0.15, 0.2) is 0 Å². The van der Waals surface area contributed by atoms with Crippen molar-refractivity contribution in [1.29, 1.82) is 0 Å². The van der Waals surface area contributed by atoms with Gasteiger partial charge in [-0.25, -0.2) is 0 Å². The summed E-state index contributed by atoms with van der Waals surface area (Å²) in [6.45, 7) is 7.90. The number of ether oxygens (including phenoxy) is 1. The number of morpholine rings is 1. The molecule has 4 nitrogen and oxygen atoms in total. The van der Waals surface area contributed by atoms with E-state index in [4.69, 9.17) is 10.5 Å². The van der Waals surface area contributed by atoms with E-state index in [1.165, 1.54) is 10.4 Å². The van der Waals surface area contributed by atoms with Gasteiger partial charge < -0.3 is 15.6 Å². The summed E-state index contributed by atoms with van der Waals surface area (Å²) in [7, 11) is 0. The summed E-state index contributed by atoms with van der Waals surface area (Å²) in [4.78, 5) is 3.69. The van der Waals surface area contributed by atoms with Crippen LogP contribution in [0.4, 0.5) is 0 Å². The molecule has 1 aliphatic heterocycles. The summed E-state index contributed by atoms with van der Waals surface area (Å²) in [6, 6.07) is 2.41. The molecule has 19 heavy (non-hydrogen) atoms. The number of hydrogen-bond acceptors (Lipinski definition) is 5. The maximum absolute atomic E-state index is 9.35. The van der Waals surface area contributed by atoms with Crippen molar-refractivity contribution in [1.82, 2.24) is 4.90 Å². The van der Waals surface area contributed by atoms with Crippen molar-refractivity contribution in [2.45, 2.75) is 45.1 Å². The van der Waals surface area contributed by atoms with Crippen molar-refractivity contribution in [3.8, 4) is 0 Å². The van der Waals surface area contributed by atoms with E-state index in [2.05, 4.69) is 30.2 Å². The summed E-state index contributed by atoms with van der Waals surface area (Å²) in [6.07, 6.45) is 0.0256. The van der Waals surface area contributed by atoms with Crippen LogP contribution in [0.15, 0.2) is 11.4 Å². The molecule has 4 atom stereocenters. The number of aliphatic hydroxyl groups excluding tert-OH is 1. The van der Waals surface area contributed by atoms with Gasteiger partial charge in [0.05, 0.1) is 24.9 Å². The SMILES string of the molecule is Cc1ccsc1C(C(C)N)N1CC(C)OC(CO)C1. The van der Waals surface area contributed by atoms with Gasteiger partial charge in [0.25, 0.3) is 0 Å². The molecule has 0 aromatic carbocycles. The van der Waals surface area contributed by atoms with E-state index in [9.17, 15) is 5.11 Å². The molecule has 1 saturated heterocycles. The van der Waals surface area contributed by atoms with Crippen molar-refractivity contribution >= 4 is 11.3 Å². The monoisotopic (exact) mass is 284 g/mol. The second-order valence-electron chi connectivity index (χ2n) is 5.48. The largest absolute Gasteiger partial charge is 0.394 e. The predicted octanol–water partition coefficient (Wildman–Crippen LogP) is 1.53. The van der Waals surface area contributed by atoms with Crippen molar-refractivity contribution in [3.63, 3.8) is 0 Å². The minimum Gasteiger partial charge on any atom is -0.394 e. The Balaban J connectivity index is 2.22. The first kappa shape index (κ1) is 14.9. The normalized spacial score (nSPS) is 28.3. The average Bonchev–Trinajstić information content (AvgIpc) is 2.75. The molecule has 5 heteroatoms. The average molecular weight is 284 g/mol. The third-order valence-electron chi connectivity index (χ3n) is 3.62. The number of nitrogens with two attached hydrogens (primary N) is 1. The summed E-state index contributed by atoms with van der Waals surface area (Å²) >= 11 is 1.76. The lowest BCUT2D eigenvalue weighted by Gasteiger charge is -2.42. The van der Waals surface area contributed by atoms with Crippen molar-refractivity contribution in [2.24, 2.45) is 5.73 Å². The van der Waals surface area contributed by atoms with Crippen LogP contribution in [0.5, 0.6) is 0 Å². The molecule has 2 rings (SSSR count). The number of aliphatic hydroxyl groups is 1. The van der Waals surface area contributed by atoms with Gasteiger partial charge in [-0.3, -0.25) is 4.90 Å². The third kappa shape index (κ3) is 3.35. The van der Waals surface area contributed by atoms with Gasteiger partial charge in [0, 0.05) is 24.0 Å². The Bertz CT molecular complexity index is 408. The molecule has 0 aliphatic carbocycles. The van der Waals surface area contributed by atoms with E-state index in [1.54, 1.807) is 11.3 Å². The van der Waals surface area contributed by atoms with Crippen LogP contribution >= 0.6 is 11.3 Å². The van der Waals surface area contributed by atoms with Crippen LogP contribution in [-0.4, -0.2) is 48.0 Å². The fourth-order valence-electron chi connectivity index (χ4n) is 2.83. The Morgan fingerprint density at radius 3 is 2.84 bits per heavy atom. The fraction of sp³-hybridized carbons (Fsp3) is 0.714. The molecule has 4 unspecified atom stereocenters. The molecule has 0 spiro atoms. The lowest BCUT2D eigenvalue weighted by atomic mass is 10.0. The Labute approximate surface area is 119 Å². The van der Waals surface area contributed by atoms with E-state index in [1.807, 2.05) is 6.92 Å². The minimum absolute atomic E-state index is 0.0574. The third-order valence-corrected chi connectivity index (χ3v) is 4.71. The highest BCUT2D eigenvalue weighted by Gasteiger charge is 2.33. The molecule has 1 aromatic rings. The summed E-state index contributed by atoms with van der Waals surface area (Å²) < 4.78 is 5.71. The topological polar surface area (TPSA) is 58.7 Å². The Hall–Kier alpha value is -0.460. The summed E-state index contributed by atoms with van der Waals surface area (Å²) in [5.41, 5.74) is 7.52. The molecule has 108 valence electrons. The van der Waals surface area contributed by atoms with Gasteiger partial charge in [-0.05, 0) is 37.8 Å². The molecule has 2 heterocycles. The number of aryl methyl sites for hydroxylation is 1. The van der Waals surface area contributed by atoms with Crippen molar-refractivity contribution < 1.29 is 9.84 Å². The fourth-order valence-corrected chi connectivity index (χ4v) is 4.01. The smallest absolute Gasteiger partial charge is 0.0936 e. The quantitative estimate of drug-likeness (QED) is 0.880. The zero-order valence-corrected chi connectivity index (χ0v) is 12.7. The Morgan fingerprint density at radius 2 is 2.32 bits per heavy atom. The van der Waals surface area contributed by atoms with Gasteiger partial charge >= 0.3 is 0 Å². The number of nitrogens with zero attached hydrogens (tertiary/aromatic N) is 1. The van der Waals surface area contributed by atoms with E-state index in [0.717, 1.165) is 13.1 Å². The molecule has 1 fully saturated rings. The van der Waals surface area contributed by atoms with Gasteiger partial charge in [0.1, 0.15) is 0 Å². The second-order valence-corrected chi connectivity index (χ2v) is 6.42. The highest BCUT2D eigenvalue weighted by Crippen LogP contribution is 2.32. The van der Waals surface area contributed by atoms with E-state index < -0.39 is 0 Å². The summed E-state index contributed by atoms with van der Waals surface area (Å²) in [5.74, 6) is 0. The first-order valence-electron chi connectivity index (χ1n) is 6.82. The standard InChI is InChI=1S/C14H24N2O2S/c1-9-4-5-19-14(9)13(11(3)15)16-6-10(2)18-12(7-16)8-17/h4-5,10-13,17H,6-8,15H2,1-3H3. The Kier molecular flexibility index (Phi) is 4.97. The number of hydrogen-bond donors (Lipinski definition) is 2. The zero-order chi connectivity index (χ0) is 14.0. The molecule has 3 N–H and O–H groups in total. The van der Waals surface area contributed by atoms with Crippen LogP contribution in [0.1, 0.15) is 30.3 Å². The maximum atomic E-state index is 9.35. The molecule has 1 aliphatic rings. The molecule has 0 amide bonds. The van der Waals surface area contributed by atoms with Crippen molar-refractivity contribution in [2.75, 3.05) is 19.7 Å². The van der Waals surface area contributed by atoms with Gasteiger partial charge in [0.2, 0.25) is 0 Å². The number of thiophene rings is 1. The molecular weight excluding hydrogens is 260 g/mol. The zero-order valence-electron chi connectivity index (χ0n) is 11.9. The molecule has 0 bridgehead atoms. The number of rotatable bonds is 4. The van der Waals surface area contributed by atoms with Crippen LogP contribution in [0.3, 0.4) is 0 Å². The minimum atomic E-state index is -0.106. The molecule has 1 aromatic heterocycles. The van der Waals surface area contributed by atoms with Crippen LogP contribution < -0.4 is 5.73 Å². The highest BCUT2D eigenvalue weighted by molar-refractivity contribution is 7.10. The highest BCUT2D eigenvalue weighted by atomic mass is 32.1. The van der Waals surface area contributed by atoms with Crippen molar-refractivity contribution in [3.05, 3.63) is 21.9 Å². The first-order chi connectivity index (χ1) is 9.02. The maximum Gasteiger partial charge on any atom is 0.0936 e. The predicted molar refractivity (Wildman–Crippen MR) is 78.4 cm³/mol. The van der Waals surface area contributed by atoms with Gasteiger partial charge in [-0.1, -0.05) is 0 Å². The molecular formula is C14H24N2O2S. The first-order valence-corrected chi connectivity index (χ1v) is 7.70. The van der Waals surface area contributed by atoms with Gasteiger partial charge in [-0.15, -0.1) is 11.3 Å². The van der Waals surface area contributed by atoms with Crippen LogP contribution in [0, 0.1) is 6.92 Å². The Morgan fingerprint density at radius 1 is 1.58 bits per heavy atom. The molecule has 0 radical (unpaired) electrons. The molecule has 0 saturated carbocycles. The van der Waals surface area contributed by atoms with Crippen LogP contribution in [0.2, 0.25) is 0 Å². The lowest BCUT2D eigenvalue weighted by Crippen LogP contribution is -2.52. The van der Waals surface area contributed by atoms with E-state index in [-0.39, 0.29) is 30.9 Å².